The number of rotatable bonds is 3. The molecule has 190 valence electrons. The van der Waals surface area contributed by atoms with Crippen molar-refractivity contribution in [2.24, 2.45) is 0 Å². The Balaban J connectivity index is 1.48. The number of hydrogen-bond donors (Lipinski definition) is 3. The number of H-pyrrole nitrogens is 1. The fraction of sp³-hybridized carbons (Fsp3) is 0.375. The number of hydrazine groups is 1. The van der Waals surface area contributed by atoms with Crippen molar-refractivity contribution in [3.05, 3.63) is 69.5 Å². The molecule has 3 amide bonds. The number of nitrogens with one attached hydrogen (secondary N) is 3. The highest BCUT2D eigenvalue weighted by Crippen LogP contribution is 2.28. The van der Waals surface area contributed by atoms with Crippen LogP contribution in [0, 0.1) is 5.82 Å². The molecule has 4 rings (SSSR count). The first-order valence-electron chi connectivity index (χ1n) is 11.5. The summed E-state index contributed by atoms with van der Waals surface area (Å²) in [6.07, 6.45) is 2.05. The average molecular weight is 499 g/mol. The van der Waals surface area contributed by atoms with Crippen molar-refractivity contribution in [3.63, 3.8) is 0 Å². The average Bonchev–Trinajstić information content (AvgIpc) is 3.25. The van der Waals surface area contributed by atoms with E-state index in [0.29, 0.717) is 31.6 Å². The van der Waals surface area contributed by atoms with Crippen molar-refractivity contribution in [3.8, 4) is 0 Å². The van der Waals surface area contributed by atoms with Crippen LogP contribution in [-0.4, -0.2) is 56.1 Å². The van der Waals surface area contributed by atoms with Crippen molar-refractivity contribution in [1.29, 1.82) is 0 Å². The van der Waals surface area contributed by atoms with Gasteiger partial charge in [-0.2, -0.15) is 5.10 Å². The minimum absolute atomic E-state index is 0.0222. The lowest BCUT2D eigenvalue weighted by Gasteiger charge is -2.33. The van der Waals surface area contributed by atoms with Crippen LogP contribution >= 0.6 is 0 Å². The lowest BCUT2D eigenvalue weighted by molar-refractivity contribution is 0.0203. The number of amides is 3. The number of benzene rings is 1. The van der Waals surface area contributed by atoms with Crippen LogP contribution in [0.5, 0.6) is 0 Å². The van der Waals surface area contributed by atoms with E-state index in [0.717, 1.165) is 6.07 Å². The molecule has 3 aromatic rings. The molecule has 1 saturated heterocycles. The van der Waals surface area contributed by atoms with E-state index in [1.54, 1.807) is 4.90 Å². The Bertz CT molecular complexity index is 1370. The number of hydrogen-bond acceptors (Lipinski definition) is 6. The standard InChI is InChI=1S/C24H27FN6O5/c1-24(2,3)36-23(35)30-10-8-14(9-11-30)18-12-19(32)27-20-16(13-26-31(18)20)22(34)29-28-21(33)15-6-4-5-7-17(15)25/h4-7,12-14H,8-11H2,1-3H3,(H,27,32)(H,28,33)(H,29,34). The number of ether oxygens (including phenoxy) is 1. The summed E-state index contributed by atoms with van der Waals surface area (Å²) in [6.45, 7) is 6.32. The fourth-order valence-corrected chi connectivity index (χ4v) is 4.05. The van der Waals surface area contributed by atoms with Crippen LogP contribution in [0.25, 0.3) is 5.65 Å². The van der Waals surface area contributed by atoms with Gasteiger partial charge in [0.05, 0.1) is 17.5 Å². The molecule has 2 aromatic heterocycles. The Morgan fingerprint density at radius 3 is 2.36 bits per heavy atom. The van der Waals surface area contributed by atoms with Gasteiger partial charge in [-0.1, -0.05) is 12.1 Å². The first-order valence-corrected chi connectivity index (χ1v) is 11.5. The highest BCUT2D eigenvalue weighted by molar-refractivity contribution is 6.02. The molecule has 0 radical (unpaired) electrons. The van der Waals surface area contributed by atoms with Gasteiger partial charge in [0, 0.05) is 25.1 Å². The van der Waals surface area contributed by atoms with Gasteiger partial charge in [0.2, 0.25) is 0 Å². The molecule has 1 fully saturated rings. The van der Waals surface area contributed by atoms with Gasteiger partial charge in [0.25, 0.3) is 17.4 Å². The number of aromatic amines is 1. The quantitative estimate of drug-likeness (QED) is 0.474. The van der Waals surface area contributed by atoms with Crippen molar-refractivity contribution < 1.29 is 23.5 Å². The molecule has 0 spiro atoms. The van der Waals surface area contributed by atoms with Crippen LogP contribution in [0.4, 0.5) is 9.18 Å². The molecule has 12 heteroatoms. The summed E-state index contributed by atoms with van der Waals surface area (Å²) in [4.78, 5) is 53.9. The molecule has 0 bridgehead atoms. The van der Waals surface area contributed by atoms with Crippen LogP contribution in [0.2, 0.25) is 0 Å². The van der Waals surface area contributed by atoms with E-state index in [1.165, 1.54) is 35.0 Å². The van der Waals surface area contributed by atoms with E-state index in [2.05, 4.69) is 20.9 Å². The lowest BCUT2D eigenvalue weighted by atomic mass is 9.93. The minimum Gasteiger partial charge on any atom is -0.444 e. The number of halogens is 1. The van der Waals surface area contributed by atoms with E-state index in [1.807, 2.05) is 20.8 Å². The zero-order valence-electron chi connectivity index (χ0n) is 20.1. The highest BCUT2D eigenvalue weighted by Gasteiger charge is 2.29. The molecular weight excluding hydrogens is 471 g/mol. The third kappa shape index (κ3) is 5.37. The number of carbonyl (C=O) groups is 3. The van der Waals surface area contributed by atoms with Crippen LogP contribution in [0.1, 0.15) is 65.9 Å². The summed E-state index contributed by atoms with van der Waals surface area (Å²) < 4.78 is 20.7. The third-order valence-corrected chi connectivity index (χ3v) is 5.75. The molecular formula is C24H27FN6O5. The Morgan fingerprint density at radius 2 is 1.72 bits per heavy atom. The number of nitrogens with zero attached hydrogens (tertiary/aromatic N) is 3. The topological polar surface area (TPSA) is 138 Å². The molecule has 36 heavy (non-hydrogen) atoms. The second kappa shape index (κ2) is 9.80. The molecule has 0 atom stereocenters. The summed E-state index contributed by atoms with van der Waals surface area (Å²) in [7, 11) is 0. The minimum atomic E-state index is -0.830. The Kier molecular flexibility index (Phi) is 6.77. The maximum Gasteiger partial charge on any atom is 0.410 e. The molecule has 0 unspecified atom stereocenters. The lowest BCUT2D eigenvalue weighted by Crippen LogP contribution is -2.42. The molecule has 0 aliphatic carbocycles. The van der Waals surface area contributed by atoms with Crippen molar-refractivity contribution in [2.45, 2.75) is 45.1 Å². The van der Waals surface area contributed by atoms with Gasteiger partial charge in [-0.15, -0.1) is 0 Å². The van der Waals surface area contributed by atoms with Crippen LogP contribution in [0.3, 0.4) is 0 Å². The number of fused-ring (bicyclic) bond motifs is 1. The normalized spacial score (nSPS) is 14.5. The van der Waals surface area contributed by atoms with Crippen LogP contribution < -0.4 is 16.4 Å². The first kappa shape index (κ1) is 24.9. The summed E-state index contributed by atoms with van der Waals surface area (Å²) in [6, 6.07) is 6.78. The SMILES string of the molecule is CC(C)(C)OC(=O)N1CCC(c2cc(=O)[nH]c3c(C(=O)NNC(=O)c4ccccc4F)cnn23)CC1. The van der Waals surface area contributed by atoms with Crippen molar-refractivity contribution in [1.82, 2.24) is 30.3 Å². The molecule has 1 aliphatic heterocycles. The maximum atomic E-state index is 13.8. The molecule has 1 aromatic carbocycles. The van der Waals surface area contributed by atoms with Gasteiger partial charge in [-0.05, 0) is 45.7 Å². The second-order valence-electron chi connectivity index (χ2n) is 9.51. The number of carbonyl (C=O) groups excluding carboxylic acids is 3. The molecule has 0 saturated carbocycles. The van der Waals surface area contributed by atoms with Gasteiger partial charge in [0.1, 0.15) is 22.6 Å². The summed E-state index contributed by atoms with van der Waals surface area (Å²) in [5.74, 6) is -2.37. The predicted octanol–water partition coefficient (Wildman–Crippen LogP) is 2.35. The summed E-state index contributed by atoms with van der Waals surface area (Å²) in [5.41, 5.74) is 3.92. The monoisotopic (exact) mass is 498 g/mol. The van der Waals surface area contributed by atoms with Gasteiger partial charge in [0.15, 0.2) is 0 Å². The summed E-state index contributed by atoms with van der Waals surface area (Å²) >= 11 is 0. The Morgan fingerprint density at radius 1 is 1.08 bits per heavy atom. The van der Waals surface area contributed by atoms with Gasteiger partial charge >= 0.3 is 6.09 Å². The summed E-state index contributed by atoms with van der Waals surface area (Å²) in [5, 5.41) is 4.27. The smallest absolute Gasteiger partial charge is 0.410 e. The predicted molar refractivity (Wildman–Crippen MR) is 127 cm³/mol. The Hall–Kier alpha value is -4.22. The molecule has 3 heterocycles. The molecule has 11 nitrogen and oxygen atoms in total. The Labute approximate surface area is 205 Å². The maximum absolute atomic E-state index is 13.8. The van der Waals surface area contributed by atoms with E-state index in [9.17, 15) is 23.6 Å². The van der Waals surface area contributed by atoms with Crippen molar-refractivity contribution >= 4 is 23.6 Å². The zero-order chi connectivity index (χ0) is 26.0. The highest BCUT2D eigenvalue weighted by atomic mass is 19.1. The fourth-order valence-electron chi connectivity index (χ4n) is 4.05. The number of likely N-dealkylation sites (tertiary alicyclic amines) is 1. The second-order valence-corrected chi connectivity index (χ2v) is 9.51. The third-order valence-electron chi connectivity index (χ3n) is 5.75. The molecule has 3 N–H and O–H groups in total. The van der Waals surface area contributed by atoms with Crippen LogP contribution in [0.15, 0.2) is 41.3 Å². The van der Waals surface area contributed by atoms with E-state index < -0.39 is 28.8 Å². The number of piperidine rings is 1. The first-order chi connectivity index (χ1) is 17.0. The van der Waals surface area contributed by atoms with Gasteiger partial charge in [-0.25, -0.2) is 13.7 Å². The van der Waals surface area contributed by atoms with E-state index in [-0.39, 0.29) is 28.8 Å². The van der Waals surface area contributed by atoms with Crippen LogP contribution in [-0.2, 0) is 4.74 Å². The zero-order valence-corrected chi connectivity index (χ0v) is 20.1. The van der Waals surface area contributed by atoms with Gasteiger partial charge < -0.3 is 14.6 Å². The van der Waals surface area contributed by atoms with Gasteiger partial charge in [-0.3, -0.25) is 25.2 Å². The van der Waals surface area contributed by atoms with Crippen molar-refractivity contribution in [2.75, 3.05) is 13.1 Å². The molecule has 1 aliphatic rings. The van der Waals surface area contributed by atoms with E-state index >= 15 is 0 Å². The largest absolute Gasteiger partial charge is 0.444 e. The number of aromatic nitrogens is 3. The van der Waals surface area contributed by atoms with E-state index in [4.69, 9.17) is 4.74 Å².